The third kappa shape index (κ3) is 6.67. The molecule has 1 N–H and O–H groups in total. The van der Waals surface area contributed by atoms with Crippen molar-refractivity contribution >= 4 is 33.6 Å². The monoisotopic (exact) mass is 640 g/mol. The molecule has 8 bridgehead atoms. The maximum absolute atomic E-state index is 15.9. The van der Waals surface area contributed by atoms with E-state index in [1.54, 1.807) is 28.6 Å². The van der Waals surface area contributed by atoms with Crippen LogP contribution in [-0.2, 0) is 28.1 Å². The molecule has 0 aliphatic carbocycles. The molecule has 2 saturated heterocycles. The molecule has 4 aliphatic rings. The zero-order chi connectivity index (χ0) is 31.7. The van der Waals surface area contributed by atoms with Gasteiger partial charge in [0.25, 0.3) is 11.5 Å². The van der Waals surface area contributed by atoms with Crippen molar-refractivity contribution in [3.8, 4) is 0 Å². The molecule has 2 aromatic heterocycles. The third-order valence-electron chi connectivity index (χ3n) is 9.91. The van der Waals surface area contributed by atoms with Crippen LogP contribution in [0.25, 0.3) is 11.0 Å². The average Bonchev–Trinajstić information content (AvgIpc) is 3.05. The molecule has 45 heavy (non-hydrogen) atoms. The van der Waals surface area contributed by atoms with E-state index in [1.807, 2.05) is 19.1 Å². The first kappa shape index (κ1) is 31.7. The lowest BCUT2D eigenvalue weighted by molar-refractivity contribution is -0.130. The van der Waals surface area contributed by atoms with Gasteiger partial charge in [-0.05, 0) is 75.7 Å². The van der Waals surface area contributed by atoms with Crippen LogP contribution in [0.4, 0.5) is 14.6 Å². The van der Waals surface area contributed by atoms with Crippen LogP contribution >= 0.6 is 0 Å². The number of aromatic nitrogens is 3. The highest BCUT2D eigenvalue weighted by atomic mass is 32.2. The van der Waals surface area contributed by atoms with Gasteiger partial charge in [0.1, 0.15) is 17.8 Å². The molecule has 0 radical (unpaired) electrons. The van der Waals surface area contributed by atoms with Crippen molar-refractivity contribution < 1.29 is 17.8 Å². The summed E-state index contributed by atoms with van der Waals surface area (Å²) in [4.78, 5) is 39.9. The zero-order valence-electron chi connectivity index (χ0n) is 26.0. The summed E-state index contributed by atoms with van der Waals surface area (Å²) in [5.41, 5.74) is 1.69. The van der Waals surface area contributed by atoms with Gasteiger partial charge in [0.15, 0.2) is 0 Å². The van der Waals surface area contributed by atoms with Crippen molar-refractivity contribution in [1.29, 1.82) is 0 Å². The lowest BCUT2D eigenvalue weighted by atomic mass is 9.85. The molecule has 4 aliphatic heterocycles. The highest BCUT2D eigenvalue weighted by Crippen LogP contribution is 2.42. The number of likely N-dealkylation sites (N-methyl/N-ethyl adjacent to an activating group) is 1. The number of pyridine rings is 1. The Hall–Kier alpha value is -3.25. The molecule has 3 aromatic rings. The number of carbonyl (C=O) groups excluding carboxylic acids is 1. The summed E-state index contributed by atoms with van der Waals surface area (Å²) < 4.78 is 45.5. The van der Waals surface area contributed by atoms with E-state index in [4.69, 9.17) is 0 Å². The topological polar surface area (TPSA) is 100 Å². The standard InChI is InChI=1S/C33H42F2N6O3S/c1-22-24-5-3-6-26(19-24)33(34,35)25-8-13-40(14-9-25)16-15-39(2)29(42)7-4-12-41-31-28(30(38-22)36-21-37-31)20-27(32(41)43)23-10-17-45(44)18-11-23/h3,5-6,19-23,25H,4,7-18H2,1-2H3,(H,36,37,38)/t22-,23?,45?/m1/s1. The second-order valence-electron chi connectivity index (χ2n) is 12.8. The first-order valence-electron chi connectivity index (χ1n) is 16.1. The van der Waals surface area contributed by atoms with E-state index in [0.717, 1.165) is 0 Å². The number of anilines is 1. The molecular weight excluding hydrogens is 598 g/mol. The summed E-state index contributed by atoms with van der Waals surface area (Å²) >= 11 is 0. The van der Waals surface area contributed by atoms with Gasteiger partial charge in [-0.3, -0.25) is 18.4 Å². The maximum Gasteiger partial charge on any atom is 0.276 e. The molecule has 9 nitrogen and oxygen atoms in total. The predicted molar refractivity (Wildman–Crippen MR) is 172 cm³/mol. The van der Waals surface area contributed by atoms with Crippen LogP contribution < -0.4 is 10.9 Å². The number of amides is 1. The van der Waals surface area contributed by atoms with E-state index >= 15 is 8.78 Å². The minimum Gasteiger partial charge on any atom is -0.363 e. The second kappa shape index (κ2) is 13.2. The quantitative estimate of drug-likeness (QED) is 0.414. The Labute approximate surface area is 264 Å². The average molecular weight is 641 g/mol. The predicted octanol–water partition coefficient (Wildman–Crippen LogP) is 4.65. The SMILES string of the molecule is C[C@H]1Nc2ncnc3c2cc(C2CCS(=O)CC2)c(=O)n3CCCC(=O)N(C)CCN2CCC(CC2)C(F)(F)c2cccc1c2. The highest BCUT2D eigenvalue weighted by molar-refractivity contribution is 7.85. The summed E-state index contributed by atoms with van der Waals surface area (Å²) in [5, 5.41) is 4.08. The molecule has 0 spiro atoms. The molecule has 1 aromatic carbocycles. The number of nitrogens with one attached hydrogen (secondary N) is 1. The van der Waals surface area contributed by atoms with Gasteiger partial charge in [-0.1, -0.05) is 18.2 Å². The van der Waals surface area contributed by atoms with Crippen LogP contribution in [0.2, 0.25) is 0 Å². The summed E-state index contributed by atoms with van der Waals surface area (Å²) in [6, 6.07) is 8.14. The Balaban J connectivity index is 1.41. The summed E-state index contributed by atoms with van der Waals surface area (Å²) in [6.45, 7) is 4.52. The van der Waals surface area contributed by atoms with Gasteiger partial charge in [-0.15, -0.1) is 0 Å². The molecular formula is C33H42F2N6O3S. The van der Waals surface area contributed by atoms with Crippen LogP contribution in [0.15, 0.2) is 41.5 Å². The number of piperidine rings is 1. The van der Waals surface area contributed by atoms with Gasteiger partial charge in [0.05, 0.1) is 5.39 Å². The van der Waals surface area contributed by atoms with Crippen LogP contribution in [0, 0.1) is 5.92 Å². The van der Waals surface area contributed by atoms with Gasteiger partial charge < -0.3 is 15.1 Å². The van der Waals surface area contributed by atoms with E-state index < -0.39 is 22.6 Å². The number of aryl methyl sites for hydroxylation is 1. The van der Waals surface area contributed by atoms with Crippen LogP contribution in [0.3, 0.4) is 0 Å². The van der Waals surface area contributed by atoms with Crippen molar-refractivity contribution in [2.24, 2.45) is 5.92 Å². The van der Waals surface area contributed by atoms with Crippen molar-refractivity contribution in [3.05, 3.63) is 63.7 Å². The first-order chi connectivity index (χ1) is 21.6. The number of benzene rings is 1. The smallest absolute Gasteiger partial charge is 0.276 e. The van der Waals surface area contributed by atoms with Crippen LogP contribution in [0.1, 0.15) is 74.1 Å². The van der Waals surface area contributed by atoms with Gasteiger partial charge in [-0.2, -0.15) is 0 Å². The number of nitrogens with zero attached hydrogens (tertiary/aromatic N) is 5. The molecule has 12 heteroatoms. The van der Waals surface area contributed by atoms with Gasteiger partial charge in [0.2, 0.25) is 5.91 Å². The van der Waals surface area contributed by atoms with Crippen molar-refractivity contribution in [2.45, 2.75) is 69.9 Å². The number of hydrogen-bond acceptors (Lipinski definition) is 7. The minimum atomic E-state index is -2.97. The first-order valence-corrected chi connectivity index (χ1v) is 17.5. The summed E-state index contributed by atoms with van der Waals surface area (Å²) in [5.74, 6) is -2.17. The van der Waals surface area contributed by atoms with E-state index in [1.165, 1.54) is 12.4 Å². The number of rotatable bonds is 1. The molecule has 1 amide bonds. The molecule has 0 saturated carbocycles. The minimum absolute atomic E-state index is 0.0154. The number of hydrogen-bond donors (Lipinski definition) is 1. The zero-order valence-corrected chi connectivity index (χ0v) is 26.8. The fourth-order valence-corrected chi connectivity index (χ4v) is 8.28. The number of carbonyl (C=O) groups is 1. The lowest BCUT2D eigenvalue weighted by Crippen LogP contribution is -2.43. The summed E-state index contributed by atoms with van der Waals surface area (Å²) in [7, 11) is 0.896. The Morgan fingerprint density at radius 2 is 1.73 bits per heavy atom. The van der Waals surface area contributed by atoms with Gasteiger partial charge in [-0.25, -0.2) is 18.7 Å². The fraction of sp³-hybridized carbons (Fsp3) is 0.576. The van der Waals surface area contributed by atoms with Gasteiger partial charge in [0, 0.05) is 78.5 Å². The Morgan fingerprint density at radius 1 is 0.978 bits per heavy atom. The normalized spacial score (nSPS) is 28.0. The largest absolute Gasteiger partial charge is 0.363 e. The molecule has 242 valence electrons. The van der Waals surface area contributed by atoms with E-state index in [9.17, 15) is 13.8 Å². The lowest BCUT2D eigenvalue weighted by Gasteiger charge is -2.36. The molecule has 0 unspecified atom stereocenters. The van der Waals surface area contributed by atoms with E-state index in [-0.39, 0.29) is 35.4 Å². The summed E-state index contributed by atoms with van der Waals surface area (Å²) in [6.07, 6.45) is 4.24. The van der Waals surface area contributed by atoms with Crippen LogP contribution in [-0.4, -0.2) is 79.2 Å². The Kier molecular flexibility index (Phi) is 9.33. The van der Waals surface area contributed by atoms with E-state index in [0.29, 0.717) is 104 Å². The maximum atomic E-state index is 15.9. The Morgan fingerprint density at radius 3 is 2.49 bits per heavy atom. The van der Waals surface area contributed by atoms with Crippen molar-refractivity contribution in [3.63, 3.8) is 0 Å². The number of halogens is 2. The fourth-order valence-electron chi connectivity index (χ4n) is 6.98. The number of alkyl halides is 2. The Bertz CT molecular complexity index is 1630. The van der Waals surface area contributed by atoms with Gasteiger partial charge >= 0.3 is 0 Å². The molecule has 7 rings (SSSR count). The van der Waals surface area contributed by atoms with Crippen LogP contribution in [0.5, 0.6) is 0 Å². The van der Waals surface area contributed by atoms with E-state index in [2.05, 4.69) is 20.2 Å². The second-order valence-corrected chi connectivity index (χ2v) is 14.5. The molecule has 1 atom stereocenters. The van der Waals surface area contributed by atoms with Crippen molar-refractivity contribution in [2.75, 3.05) is 50.0 Å². The molecule has 6 heterocycles. The highest BCUT2D eigenvalue weighted by Gasteiger charge is 2.42. The third-order valence-corrected chi connectivity index (χ3v) is 11.3. The number of fused-ring (bicyclic) bond motifs is 9. The molecule has 2 fully saturated rings. The van der Waals surface area contributed by atoms with Crippen molar-refractivity contribution in [1.82, 2.24) is 24.3 Å².